The molecule has 0 saturated heterocycles. The molecule has 0 spiro atoms. The molecule has 3 rings (SSSR count). The smallest absolute Gasteiger partial charge is 0.128 e. The highest BCUT2D eigenvalue weighted by molar-refractivity contribution is 5.62. The molecule has 1 aliphatic rings. The van der Waals surface area contributed by atoms with Gasteiger partial charge in [-0.1, -0.05) is 12.1 Å². The molecule has 0 aliphatic heterocycles. The fourth-order valence-corrected chi connectivity index (χ4v) is 1.98. The fraction of sp³-hybridized carbons (Fsp3) is 0.357. The van der Waals surface area contributed by atoms with Crippen LogP contribution in [-0.4, -0.2) is 15.8 Å². The zero-order valence-corrected chi connectivity index (χ0v) is 10.4. The third-order valence-corrected chi connectivity index (χ3v) is 3.25. The van der Waals surface area contributed by atoms with Gasteiger partial charge in [0.25, 0.3) is 0 Å². The van der Waals surface area contributed by atoms with Crippen LogP contribution in [0.3, 0.4) is 0 Å². The Morgan fingerprint density at radius 1 is 1.39 bits per heavy atom. The van der Waals surface area contributed by atoms with Crippen molar-refractivity contribution in [3.05, 3.63) is 42.0 Å². The molecule has 0 radical (unpaired) electrons. The third-order valence-electron chi connectivity index (χ3n) is 3.25. The van der Waals surface area contributed by atoms with E-state index in [4.69, 9.17) is 0 Å². The van der Waals surface area contributed by atoms with Gasteiger partial charge in [0.1, 0.15) is 5.82 Å². The van der Waals surface area contributed by atoms with Crippen LogP contribution in [0.25, 0.3) is 11.1 Å². The number of nitrogens with one attached hydrogen (secondary N) is 1. The van der Waals surface area contributed by atoms with E-state index in [1.165, 1.54) is 12.8 Å². The summed E-state index contributed by atoms with van der Waals surface area (Å²) in [7, 11) is 1.85. The van der Waals surface area contributed by atoms with Crippen molar-refractivity contribution < 1.29 is 4.39 Å². The summed E-state index contributed by atoms with van der Waals surface area (Å²) in [6.45, 7) is 0.615. The van der Waals surface area contributed by atoms with Gasteiger partial charge in [0.05, 0.1) is 6.20 Å². The molecule has 0 bridgehead atoms. The highest BCUT2D eigenvalue weighted by Gasteiger charge is 2.20. The first kappa shape index (κ1) is 11.4. The molecular formula is C14H16FN3. The minimum Gasteiger partial charge on any atom is -0.310 e. The molecule has 0 amide bonds. The number of hydrogen-bond acceptors (Lipinski definition) is 2. The van der Waals surface area contributed by atoms with Crippen LogP contribution in [0.5, 0.6) is 0 Å². The molecule has 1 N–H and O–H groups in total. The van der Waals surface area contributed by atoms with Crippen molar-refractivity contribution in [3.63, 3.8) is 0 Å². The summed E-state index contributed by atoms with van der Waals surface area (Å²) >= 11 is 0. The first-order valence-corrected chi connectivity index (χ1v) is 6.23. The van der Waals surface area contributed by atoms with E-state index in [1.54, 1.807) is 16.9 Å². The van der Waals surface area contributed by atoms with Crippen molar-refractivity contribution in [1.82, 2.24) is 15.1 Å². The van der Waals surface area contributed by atoms with Gasteiger partial charge in [-0.25, -0.2) is 4.39 Å². The van der Waals surface area contributed by atoms with Crippen LogP contribution in [0.2, 0.25) is 0 Å². The van der Waals surface area contributed by atoms with Crippen LogP contribution in [0.15, 0.2) is 30.6 Å². The van der Waals surface area contributed by atoms with Crippen LogP contribution in [0.4, 0.5) is 4.39 Å². The molecule has 1 saturated carbocycles. The van der Waals surface area contributed by atoms with Crippen LogP contribution in [0.1, 0.15) is 18.4 Å². The highest BCUT2D eigenvalue weighted by atomic mass is 19.1. The SMILES string of the molecule is Cn1cc(-c2ccc(CNC3CC3)c(F)c2)cn1. The Kier molecular flexibility index (Phi) is 2.88. The number of hydrogen-bond donors (Lipinski definition) is 1. The summed E-state index contributed by atoms with van der Waals surface area (Å²) in [5, 5.41) is 7.42. The van der Waals surface area contributed by atoms with Gasteiger partial charge < -0.3 is 5.32 Å². The molecule has 1 aliphatic carbocycles. The molecule has 94 valence electrons. The van der Waals surface area contributed by atoms with Gasteiger partial charge in [-0.15, -0.1) is 0 Å². The maximum Gasteiger partial charge on any atom is 0.128 e. The summed E-state index contributed by atoms with van der Waals surface area (Å²) in [6.07, 6.45) is 6.07. The standard InChI is InChI=1S/C14H16FN3/c1-18-9-12(8-17-18)10-2-3-11(14(15)6-10)7-16-13-4-5-13/h2-3,6,8-9,13,16H,4-5,7H2,1H3. The van der Waals surface area contributed by atoms with Gasteiger partial charge in [0.2, 0.25) is 0 Å². The maximum absolute atomic E-state index is 13.9. The number of halogens is 1. The summed E-state index contributed by atoms with van der Waals surface area (Å²) in [6, 6.07) is 5.99. The molecule has 1 heterocycles. The van der Waals surface area contributed by atoms with E-state index in [9.17, 15) is 4.39 Å². The predicted molar refractivity (Wildman–Crippen MR) is 68.5 cm³/mol. The normalized spacial score (nSPS) is 15.0. The van der Waals surface area contributed by atoms with Crippen LogP contribution >= 0.6 is 0 Å². The topological polar surface area (TPSA) is 29.9 Å². The van der Waals surface area contributed by atoms with Gasteiger partial charge >= 0.3 is 0 Å². The van der Waals surface area contributed by atoms with Gasteiger partial charge in [-0.2, -0.15) is 5.10 Å². The summed E-state index contributed by atoms with van der Waals surface area (Å²) in [4.78, 5) is 0. The molecule has 1 aromatic carbocycles. The number of aromatic nitrogens is 2. The lowest BCUT2D eigenvalue weighted by Crippen LogP contribution is -2.16. The van der Waals surface area contributed by atoms with Crippen molar-refractivity contribution >= 4 is 0 Å². The molecular weight excluding hydrogens is 229 g/mol. The van der Waals surface area contributed by atoms with Crippen molar-refractivity contribution in [2.45, 2.75) is 25.4 Å². The van der Waals surface area contributed by atoms with E-state index in [2.05, 4.69) is 10.4 Å². The van der Waals surface area contributed by atoms with E-state index >= 15 is 0 Å². The van der Waals surface area contributed by atoms with E-state index in [0.29, 0.717) is 12.6 Å². The van der Waals surface area contributed by atoms with Crippen LogP contribution in [0, 0.1) is 5.82 Å². The number of rotatable bonds is 4. The maximum atomic E-state index is 13.9. The Morgan fingerprint density at radius 2 is 2.22 bits per heavy atom. The van der Waals surface area contributed by atoms with E-state index in [0.717, 1.165) is 16.7 Å². The molecule has 0 unspecified atom stereocenters. The van der Waals surface area contributed by atoms with Gasteiger partial charge in [0.15, 0.2) is 0 Å². The summed E-state index contributed by atoms with van der Waals surface area (Å²) in [5.74, 6) is -0.149. The van der Waals surface area contributed by atoms with Gasteiger partial charge in [-0.05, 0) is 24.5 Å². The van der Waals surface area contributed by atoms with Crippen LogP contribution < -0.4 is 5.32 Å². The predicted octanol–water partition coefficient (Wildman–Crippen LogP) is 2.48. The largest absolute Gasteiger partial charge is 0.310 e. The van der Waals surface area contributed by atoms with Crippen molar-refractivity contribution in [2.24, 2.45) is 7.05 Å². The van der Waals surface area contributed by atoms with E-state index < -0.39 is 0 Å². The Hall–Kier alpha value is -1.68. The summed E-state index contributed by atoms with van der Waals surface area (Å²) in [5.41, 5.74) is 2.54. The fourth-order valence-electron chi connectivity index (χ4n) is 1.98. The minimum atomic E-state index is -0.149. The molecule has 3 nitrogen and oxygen atoms in total. The quantitative estimate of drug-likeness (QED) is 0.896. The first-order chi connectivity index (χ1) is 8.72. The molecule has 2 aromatic rings. The number of nitrogens with zero attached hydrogens (tertiary/aromatic N) is 2. The van der Waals surface area contributed by atoms with E-state index in [-0.39, 0.29) is 5.82 Å². The van der Waals surface area contributed by atoms with Gasteiger partial charge in [0, 0.05) is 37.0 Å². The van der Waals surface area contributed by atoms with Crippen molar-refractivity contribution in [1.29, 1.82) is 0 Å². The first-order valence-electron chi connectivity index (χ1n) is 6.23. The lowest BCUT2D eigenvalue weighted by molar-refractivity contribution is 0.587. The third kappa shape index (κ3) is 2.43. The molecule has 0 atom stereocenters. The van der Waals surface area contributed by atoms with E-state index in [1.807, 2.05) is 25.4 Å². The Morgan fingerprint density at radius 3 is 2.83 bits per heavy atom. The monoisotopic (exact) mass is 245 g/mol. The Bertz CT molecular complexity index is 558. The zero-order valence-electron chi connectivity index (χ0n) is 10.4. The minimum absolute atomic E-state index is 0.149. The molecule has 1 fully saturated rings. The second kappa shape index (κ2) is 4.53. The number of benzene rings is 1. The van der Waals surface area contributed by atoms with Crippen molar-refractivity contribution in [3.8, 4) is 11.1 Å². The lowest BCUT2D eigenvalue weighted by atomic mass is 10.1. The highest BCUT2D eigenvalue weighted by Crippen LogP contribution is 2.23. The molecule has 1 aromatic heterocycles. The molecule has 18 heavy (non-hydrogen) atoms. The van der Waals surface area contributed by atoms with Crippen molar-refractivity contribution in [2.75, 3.05) is 0 Å². The average molecular weight is 245 g/mol. The second-order valence-electron chi connectivity index (χ2n) is 4.86. The molecule has 4 heteroatoms. The lowest BCUT2D eigenvalue weighted by Gasteiger charge is -2.06. The summed E-state index contributed by atoms with van der Waals surface area (Å²) < 4.78 is 15.7. The van der Waals surface area contributed by atoms with Crippen LogP contribution in [-0.2, 0) is 13.6 Å². The zero-order chi connectivity index (χ0) is 12.5. The number of aryl methyl sites for hydroxylation is 1. The Balaban J connectivity index is 1.79. The second-order valence-corrected chi connectivity index (χ2v) is 4.86. The Labute approximate surface area is 106 Å². The van der Waals surface area contributed by atoms with Gasteiger partial charge in [-0.3, -0.25) is 4.68 Å². The average Bonchev–Trinajstić information content (AvgIpc) is 3.08.